The maximum atomic E-state index is 15.0. The molecule has 9 N–H and O–H groups in total. The maximum Gasteiger partial charge on any atom is 0.322 e. The molecule has 0 saturated heterocycles. The summed E-state index contributed by atoms with van der Waals surface area (Å²) in [6.07, 6.45) is 2.27. The van der Waals surface area contributed by atoms with Crippen LogP contribution in [-0.4, -0.2) is 129 Å². The minimum Gasteiger partial charge on any atom is -0.481 e. The Balaban J connectivity index is 1.96. The number of carbonyl (C=O) groups is 11. The van der Waals surface area contributed by atoms with Gasteiger partial charge in [0.15, 0.2) is 0 Å². The number of nitrogens with one attached hydrogen (secondary N) is 6. The van der Waals surface area contributed by atoms with Gasteiger partial charge in [-0.2, -0.15) is 0 Å². The van der Waals surface area contributed by atoms with Crippen molar-refractivity contribution in [2.45, 2.75) is 141 Å². The van der Waals surface area contributed by atoms with Gasteiger partial charge in [0.1, 0.15) is 36.8 Å². The molecule has 2 aliphatic rings. The monoisotopic (exact) mass is 899 g/mol. The fraction of sp³-hybridized carbons (Fsp3) is 0.605. The largest absolute Gasteiger partial charge is 0.481 e. The van der Waals surface area contributed by atoms with Crippen molar-refractivity contribution in [3.63, 3.8) is 0 Å². The SMILES string of the molecule is CCCC(NC(=O)C1c2ccccc2CCN1C(=O)C(NC(=O)C(NC(=O)C(CCC(=O)O)NC(=O)C(CCC(=O)O)NC(C)=O)C(C)C)C1CCCCC1)C(=O)C(=O)NCC(=O)O. The second kappa shape index (κ2) is 25.0. The zero-order chi connectivity index (χ0) is 47.7. The van der Waals surface area contributed by atoms with Crippen LogP contribution in [0.15, 0.2) is 24.3 Å². The predicted octanol–water partition coefficient (Wildman–Crippen LogP) is 0.0922. The Kier molecular flexibility index (Phi) is 20.3. The highest BCUT2D eigenvalue weighted by Gasteiger charge is 2.43. The van der Waals surface area contributed by atoms with Gasteiger partial charge < -0.3 is 52.1 Å². The van der Waals surface area contributed by atoms with E-state index in [0.717, 1.165) is 31.7 Å². The van der Waals surface area contributed by atoms with Crippen LogP contribution in [-0.2, 0) is 59.2 Å². The van der Waals surface area contributed by atoms with Gasteiger partial charge in [0.25, 0.3) is 5.91 Å². The summed E-state index contributed by atoms with van der Waals surface area (Å²) in [6, 6.07) is -1.24. The second-order valence-corrected chi connectivity index (χ2v) is 16.5. The molecular formula is C43H61N7O14. The van der Waals surface area contributed by atoms with Crippen molar-refractivity contribution >= 4 is 65.0 Å². The molecule has 6 atom stereocenters. The summed E-state index contributed by atoms with van der Waals surface area (Å²) in [5.74, 6) is -12.0. The molecule has 0 radical (unpaired) electrons. The third kappa shape index (κ3) is 15.4. The molecule has 352 valence electrons. The lowest BCUT2D eigenvalue weighted by molar-refractivity contribution is -0.147. The van der Waals surface area contributed by atoms with Gasteiger partial charge in [0.2, 0.25) is 41.2 Å². The minimum atomic E-state index is -1.55. The van der Waals surface area contributed by atoms with Crippen molar-refractivity contribution in [2.75, 3.05) is 13.1 Å². The Labute approximate surface area is 370 Å². The summed E-state index contributed by atoms with van der Waals surface area (Å²) < 4.78 is 0. The zero-order valence-corrected chi connectivity index (χ0v) is 36.6. The number of Topliss-reactive ketones (excluding diaryl/α,β-unsaturated/α-hetero) is 1. The van der Waals surface area contributed by atoms with Crippen molar-refractivity contribution in [3.8, 4) is 0 Å². The molecular weight excluding hydrogens is 839 g/mol. The number of nitrogens with zero attached hydrogens (tertiary/aromatic N) is 1. The van der Waals surface area contributed by atoms with Gasteiger partial charge in [-0.1, -0.05) is 70.7 Å². The van der Waals surface area contributed by atoms with Crippen LogP contribution in [0, 0.1) is 11.8 Å². The van der Waals surface area contributed by atoms with Crippen LogP contribution >= 0.6 is 0 Å². The van der Waals surface area contributed by atoms with E-state index in [2.05, 4.69) is 26.6 Å². The number of aliphatic carboxylic acids is 3. The lowest BCUT2D eigenvalue weighted by atomic mass is 9.82. The highest BCUT2D eigenvalue weighted by molar-refractivity contribution is 6.38. The van der Waals surface area contributed by atoms with Gasteiger partial charge in [-0.3, -0.25) is 52.7 Å². The predicted molar refractivity (Wildman–Crippen MR) is 226 cm³/mol. The summed E-state index contributed by atoms with van der Waals surface area (Å²) in [5, 5.41) is 42.3. The second-order valence-electron chi connectivity index (χ2n) is 16.5. The van der Waals surface area contributed by atoms with Gasteiger partial charge in [-0.25, -0.2) is 0 Å². The lowest BCUT2D eigenvalue weighted by Gasteiger charge is -2.41. The molecule has 1 fully saturated rings. The van der Waals surface area contributed by atoms with Gasteiger partial charge in [-0.15, -0.1) is 0 Å². The van der Waals surface area contributed by atoms with Gasteiger partial charge in [-0.05, 0) is 61.5 Å². The average molecular weight is 900 g/mol. The highest BCUT2D eigenvalue weighted by atomic mass is 16.4. The van der Waals surface area contributed by atoms with Crippen molar-refractivity contribution in [3.05, 3.63) is 35.4 Å². The average Bonchev–Trinajstić information content (AvgIpc) is 3.25. The molecule has 0 aromatic heterocycles. The molecule has 1 aromatic rings. The highest BCUT2D eigenvalue weighted by Crippen LogP contribution is 2.34. The number of ketones is 1. The number of rotatable bonds is 24. The molecule has 1 aliphatic carbocycles. The van der Waals surface area contributed by atoms with Crippen LogP contribution in [0.3, 0.4) is 0 Å². The molecule has 3 rings (SSSR count). The zero-order valence-electron chi connectivity index (χ0n) is 36.6. The van der Waals surface area contributed by atoms with Gasteiger partial charge in [0, 0.05) is 26.3 Å². The number of amides is 7. The summed E-state index contributed by atoms with van der Waals surface area (Å²) in [4.78, 5) is 143. The first-order valence-electron chi connectivity index (χ1n) is 21.6. The van der Waals surface area contributed by atoms with E-state index in [1.54, 1.807) is 45.0 Å². The Hall–Kier alpha value is -6.41. The van der Waals surface area contributed by atoms with E-state index in [1.807, 2.05) is 5.32 Å². The van der Waals surface area contributed by atoms with Crippen molar-refractivity contribution in [2.24, 2.45) is 11.8 Å². The maximum absolute atomic E-state index is 15.0. The number of carbonyl (C=O) groups excluding carboxylic acids is 8. The molecule has 1 heterocycles. The standard InChI is InChI=1S/C43H61N7O14/c1-5-11-28(37(58)42(63)44-22-33(56)57)46-41(62)36-27-15-10-9-12-25(27)20-21-50(36)43(64)35(26-13-7-6-8-14-26)49-40(61)34(23(2)3)48-39(60)30(17-19-32(54)55)47-38(59)29(45-24(4)51)16-18-31(52)53/h9-10,12,15,23,26,28-30,34-36H,5-8,11,13-14,16-22H2,1-4H3,(H,44,63)(H,45,51)(H,46,62)(H,47,59)(H,48,60)(H,49,61)(H,52,53)(H,54,55)(H,56,57). The molecule has 1 aliphatic heterocycles. The van der Waals surface area contributed by atoms with E-state index in [-0.39, 0.29) is 19.4 Å². The van der Waals surface area contributed by atoms with Crippen LogP contribution < -0.4 is 31.9 Å². The number of hydrogen-bond donors (Lipinski definition) is 9. The fourth-order valence-corrected chi connectivity index (χ4v) is 7.95. The van der Waals surface area contributed by atoms with E-state index >= 15 is 0 Å². The van der Waals surface area contributed by atoms with Gasteiger partial charge in [0.05, 0.1) is 6.04 Å². The Morgan fingerprint density at radius 3 is 1.86 bits per heavy atom. The van der Waals surface area contributed by atoms with E-state index in [1.165, 1.54) is 4.90 Å². The van der Waals surface area contributed by atoms with E-state index in [0.29, 0.717) is 31.2 Å². The van der Waals surface area contributed by atoms with Crippen LogP contribution in [0.25, 0.3) is 0 Å². The van der Waals surface area contributed by atoms with Crippen molar-refractivity contribution < 1.29 is 68.1 Å². The normalized spacial score (nSPS) is 17.2. The Morgan fingerprint density at radius 2 is 1.30 bits per heavy atom. The first-order valence-corrected chi connectivity index (χ1v) is 21.6. The molecule has 1 saturated carbocycles. The molecule has 21 heteroatoms. The first-order chi connectivity index (χ1) is 30.2. The quantitative estimate of drug-likeness (QED) is 0.0622. The third-order valence-electron chi connectivity index (χ3n) is 11.2. The summed E-state index contributed by atoms with van der Waals surface area (Å²) in [7, 11) is 0. The topological polar surface area (TPSA) is 324 Å². The van der Waals surface area contributed by atoms with Crippen LogP contribution in [0.1, 0.15) is 115 Å². The molecule has 21 nitrogen and oxygen atoms in total. The Bertz CT molecular complexity index is 1920. The van der Waals surface area contributed by atoms with E-state index in [9.17, 15) is 57.8 Å². The van der Waals surface area contributed by atoms with Crippen molar-refractivity contribution in [1.29, 1.82) is 0 Å². The molecule has 6 unspecified atom stereocenters. The van der Waals surface area contributed by atoms with Crippen LogP contribution in [0.4, 0.5) is 0 Å². The first kappa shape index (κ1) is 51.9. The van der Waals surface area contributed by atoms with E-state index < -0.39 is 139 Å². The number of benzene rings is 1. The molecule has 0 bridgehead atoms. The fourth-order valence-electron chi connectivity index (χ4n) is 7.95. The number of hydrogen-bond acceptors (Lipinski definition) is 11. The summed E-state index contributed by atoms with van der Waals surface area (Å²) in [6.45, 7) is 5.27. The van der Waals surface area contributed by atoms with E-state index in [4.69, 9.17) is 10.2 Å². The number of carboxylic acids is 3. The smallest absolute Gasteiger partial charge is 0.322 e. The number of fused-ring (bicyclic) bond motifs is 1. The molecule has 1 aromatic carbocycles. The molecule has 64 heavy (non-hydrogen) atoms. The number of carboxylic acid groups (broad SMARTS) is 3. The minimum absolute atomic E-state index is 0.0257. The summed E-state index contributed by atoms with van der Waals surface area (Å²) in [5.41, 5.74) is 1.21. The third-order valence-corrected chi connectivity index (χ3v) is 11.2. The molecule has 7 amide bonds. The lowest BCUT2D eigenvalue weighted by Crippen LogP contribution is -2.62. The van der Waals surface area contributed by atoms with Crippen molar-refractivity contribution in [1.82, 2.24) is 36.8 Å². The summed E-state index contributed by atoms with van der Waals surface area (Å²) >= 11 is 0. The Morgan fingerprint density at radius 1 is 0.703 bits per heavy atom. The van der Waals surface area contributed by atoms with Crippen LogP contribution in [0.2, 0.25) is 0 Å². The van der Waals surface area contributed by atoms with Crippen LogP contribution in [0.5, 0.6) is 0 Å². The molecule has 0 spiro atoms. The van der Waals surface area contributed by atoms with Gasteiger partial charge >= 0.3 is 17.9 Å².